The molecule has 1 aliphatic heterocycles. The molecular weight excluding hydrogens is 306 g/mol. The Hall–Kier alpha value is -0.580. The van der Waals surface area contributed by atoms with Crippen molar-refractivity contribution in [3.63, 3.8) is 0 Å². The van der Waals surface area contributed by atoms with Crippen molar-refractivity contribution in [2.24, 2.45) is 5.92 Å². The normalized spacial score (nSPS) is 19.1. The molecule has 1 aromatic rings. The summed E-state index contributed by atoms with van der Waals surface area (Å²) in [5.41, 5.74) is 2.57. The van der Waals surface area contributed by atoms with E-state index in [1.165, 1.54) is 24.0 Å². The van der Waals surface area contributed by atoms with E-state index in [9.17, 15) is 0 Å². The Morgan fingerprint density at radius 2 is 2.32 bits per heavy atom. The maximum absolute atomic E-state index is 5.76. The van der Waals surface area contributed by atoms with Crippen molar-refractivity contribution in [1.29, 1.82) is 0 Å². The van der Waals surface area contributed by atoms with Crippen molar-refractivity contribution < 1.29 is 9.47 Å². The summed E-state index contributed by atoms with van der Waals surface area (Å²) < 4.78 is 12.2. The maximum Gasteiger partial charge on any atom is 0.127 e. The second-order valence-corrected chi connectivity index (χ2v) is 6.35. The summed E-state index contributed by atoms with van der Waals surface area (Å²) in [7, 11) is 1.77. The van der Waals surface area contributed by atoms with E-state index in [-0.39, 0.29) is 0 Å². The molecule has 3 nitrogen and oxygen atoms in total. The van der Waals surface area contributed by atoms with Gasteiger partial charge in [-0.1, -0.05) is 15.9 Å². The molecule has 1 aliphatic carbocycles. The van der Waals surface area contributed by atoms with Gasteiger partial charge >= 0.3 is 0 Å². The third-order valence-corrected chi connectivity index (χ3v) is 4.38. The highest BCUT2D eigenvalue weighted by Crippen LogP contribution is 2.35. The molecule has 3 rings (SSSR count). The van der Waals surface area contributed by atoms with Crippen LogP contribution < -0.4 is 10.1 Å². The molecule has 0 saturated heterocycles. The fraction of sp³-hybridized carbons (Fsp3) is 0.600. The summed E-state index contributed by atoms with van der Waals surface area (Å²) in [6.45, 7) is 2.46. The van der Waals surface area contributed by atoms with Crippen molar-refractivity contribution in [3.8, 4) is 5.75 Å². The van der Waals surface area contributed by atoms with Gasteiger partial charge in [-0.05, 0) is 36.5 Å². The number of benzene rings is 1. The Labute approximate surface area is 122 Å². The van der Waals surface area contributed by atoms with Crippen LogP contribution in [0.15, 0.2) is 16.6 Å². The first-order chi connectivity index (χ1) is 9.28. The van der Waals surface area contributed by atoms with Gasteiger partial charge in [0.2, 0.25) is 0 Å². The highest BCUT2D eigenvalue weighted by molar-refractivity contribution is 9.10. The van der Waals surface area contributed by atoms with Crippen LogP contribution in [-0.2, 0) is 17.7 Å². The number of hydrogen-bond donors (Lipinski definition) is 1. The number of halogens is 1. The fourth-order valence-electron chi connectivity index (χ4n) is 2.76. The predicted octanol–water partition coefficient (Wildman–Crippen LogP) is 2.90. The van der Waals surface area contributed by atoms with Gasteiger partial charge in [0, 0.05) is 36.2 Å². The van der Waals surface area contributed by atoms with Crippen LogP contribution in [0.1, 0.15) is 24.0 Å². The van der Waals surface area contributed by atoms with E-state index in [0.717, 1.165) is 42.3 Å². The van der Waals surface area contributed by atoms with Crippen LogP contribution in [0.5, 0.6) is 5.75 Å². The molecule has 0 spiro atoms. The van der Waals surface area contributed by atoms with Gasteiger partial charge < -0.3 is 14.8 Å². The fourth-order valence-corrected chi connectivity index (χ4v) is 3.31. The lowest BCUT2D eigenvalue weighted by molar-refractivity contribution is 0.157. The minimum Gasteiger partial charge on any atom is -0.493 e. The molecule has 1 heterocycles. The summed E-state index contributed by atoms with van der Waals surface area (Å²) in [5, 5.41) is 3.63. The molecule has 1 atom stereocenters. The summed E-state index contributed by atoms with van der Waals surface area (Å²) in [4.78, 5) is 0. The molecule has 1 unspecified atom stereocenters. The van der Waals surface area contributed by atoms with Gasteiger partial charge in [-0.25, -0.2) is 0 Å². The third kappa shape index (κ3) is 3.12. The van der Waals surface area contributed by atoms with Crippen molar-refractivity contribution in [1.82, 2.24) is 5.32 Å². The summed E-state index contributed by atoms with van der Waals surface area (Å²) in [6, 6.07) is 4.80. The molecule has 4 heteroatoms. The number of rotatable bonds is 6. The van der Waals surface area contributed by atoms with E-state index >= 15 is 0 Å². The van der Waals surface area contributed by atoms with E-state index in [2.05, 4.69) is 33.4 Å². The Morgan fingerprint density at radius 1 is 1.47 bits per heavy atom. The number of fused-ring (bicyclic) bond motifs is 1. The quantitative estimate of drug-likeness (QED) is 0.872. The largest absolute Gasteiger partial charge is 0.493 e. The highest BCUT2D eigenvalue weighted by atomic mass is 79.9. The van der Waals surface area contributed by atoms with Crippen LogP contribution in [0.25, 0.3) is 0 Å². The van der Waals surface area contributed by atoms with Crippen molar-refractivity contribution in [2.45, 2.75) is 31.8 Å². The zero-order valence-corrected chi connectivity index (χ0v) is 12.8. The van der Waals surface area contributed by atoms with E-state index in [0.29, 0.717) is 6.04 Å². The molecule has 1 saturated carbocycles. The van der Waals surface area contributed by atoms with Gasteiger partial charge in [-0.2, -0.15) is 0 Å². The molecule has 0 bridgehead atoms. The first kappa shape index (κ1) is 13.4. The van der Waals surface area contributed by atoms with Crippen LogP contribution in [0.4, 0.5) is 0 Å². The molecule has 1 fully saturated rings. The number of methoxy groups -OCH3 is 1. The molecule has 1 N–H and O–H groups in total. The van der Waals surface area contributed by atoms with Gasteiger partial charge in [-0.3, -0.25) is 0 Å². The summed E-state index contributed by atoms with van der Waals surface area (Å²) in [6.07, 6.45) is 3.67. The van der Waals surface area contributed by atoms with Crippen LogP contribution in [0, 0.1) is 5.92 Å². The smallest absolute Gasteiger partial charge is 0.127 e. The zero-order valence-electron chi connectivity index (χ0n) is 11.2. The lowest BCUT2D eigenvalue weighted by atomic mass is 10.1. The van der Waals surface area contributed by atoms with Gasteiger partial charge in [0.15, 0.2) is 0 Å². The van der Waals surface area contributed by atoms with Crippen molar-refractivity contribution in [3.05, 3.63) is 27.7 Å². The molecule has 0 aromatic heterocycles. The summed E-state index contributed by atoms with van der Waals surface area (Å²) >= 11 is 3.59. The summed E-state index contributed by atoms with van der Waals surface area (Å²) in [5.74, 6) is 1.88. The Bertz CT molecular complexity index is 460. The molecule has 0 amide bonds. The first-order valence-corrected chi connectivity index (χ1v) is 7.73. The van der Waals surface area contributed by atoms with Gasteiger partial charge in [0.25, 0.3) is 0 Å². The SMILES string of the molecule is COCC(NCc1cc(Br)cc2c1OCC2)C1CC1. The van der Waals surface area contributed by atoms with Crippen LogP contribution in [0.3, 0.4) is 0 Å². The minimum atomic E-state index is 0.473. The Morgan fingerprint density at radius 3 is 3.05 bits per heavy atom. The zero-order chi connectivity index (χ0) is 13.2. The average molecular weight is 326 g/mol. The molecule has 0 radical (unpaired) electrons. The van der Waals surface area contributed by atoms with Crippen LogP contribution in [0.2, 0.25) is 0 Å². The van der Waals surface area contributed by atoms with E-state index in [4.69, 9.17) is 9.47 Å². The lowest BCUT2D eigenvalue weighted by Gasteiger charge is -2.18. The van der Waals surface area contributed by atoms with Crippen LogP contribution in [-0.4, -0.2) is 26.4 Å². The minimum absolute atomic E-state index is 0.473. The lowest BCUT2D eigenvalue weighted by Crippen LogP contribution is -2.34. The second kappa shape index (κ2) is 5.81. The van der Waals surface area contributed by atoms with E-state index < -0.39 is 0 Å². The number of hydrogen-bond acceptors (Lipinski definition) is 3. The monoisotopic (exact) mass is 325 g/mol. The number of ether oxygens (including phenoxy) is 2. The highest BCUT2D eigenvalue weighted by Gasteiger charge is 2.31. The standard InChI is InChI=1S/C15H20BrNO2/c1-18-9-14(10-2-3-10)17-8-12-7-13(16)6-11-4-5-19-15(11)12/h6-7,10,14,17H,2-5,8-9H2,1H3. The Balaban J connectivity index is 1.69. The van der Waals surface area contributed by atoms with E-state index in [1.807, 2.05) is 0 Å². The van der Waals surface area contributed by atoms with E-state index in [1.54, 1.807) is 7.11 Å². The topological polar surface area (TPSA) is 30.5 Å². The van der Waals surface area contributed by atoms with Crippen molar-refractivity contribution in [2.75, 3.05) is 20.3 Å². The third-order valence-electron chi connectivity index (χ3n) is 3.92. The van der Waals surface area contributed by atoms with Gasteiger partial charge in [0.05, 0.1) is 13.2 Å². The number of nitrogens with one attached hydrogen (secondary N) is 1. The van der Waals surface area contributed by atoms with Gasteiger partial charge in [-0.15, -0.1) is 0 Å². The van der Waals surface area contributed by atoms with Crippen LogP contribution >= 0.6 is 15.9 Å². The predicted molar refractivity (Wildman–Crippen MR) is 78.6 cm³/mol. The molecule has 2 aliphatic rings. The first-order valence-electron chi connectivity index (χ1n) is 6.94. The average Bonchev–Trinajstić information content (AvgIpc) is 3.12. The molecular formula is C15H20BrNO2. The molecule has 1 aromatic carbocycles. The molecule has 104 valence electrons. The maximum atomic E-state index is 5.76. The Kier molecular flexibility index (Phi) is 4.10. The van der Waals surface area contributed by atoms with Crippen molar-refractivity contribution >= 4 is 15.9 Å². The molecule has 19 heavy (non-hydrogen) atoms. The second-order valence-electron chi connectivity index (χ2n) is 5.43. The van der Waals surface area contributed by atoms with Gasteiger partial charge in [0.1, 0.15) is 5.75 Å².